The Labute approximate surface area is 147 Å². The highest BCUT2D eigenvalue weighted by Crippen LogP contribution is 2.35. The van der Waals surface area contributed by atoms with Crippen LogP contribution in [-0.4, -0.2) is 13.1 Å². The Bertz CT molecular complexity index is 901. The van der Waals surface area contributed by atoms with E-state index >= 15 is 0 Å². The van der Waals surface area contributed by atoms with Crippen LogP contribution in [0.25, 0.3) is 11.1 Å². The highest BCUT2D eigenvalue weighted by molar-refractivity contribution is 5.91. The van der Waals surface area contributed by atoms with E-state index in [2.05, 4.69) is 53.8 Å². The summed E-state index contributed by atoms with van der Waals surface area (Å²) in [5.41, 5.74) is 6.50. The molecule has 4 rings (SSSR count). The van der Waals surface area contributed by atoms with Crippen molar-refractivity contribution in [3.8, 4) is 11.1 Å². The van der Waals surface area contributed by atoms with Crippen LogP contribution in [0.3, 0.4) is 0 Å². The number of carbonyl (C=O) groups excluding carboxylic acids is 1. The van der Waals surface area contributed by atoms with Gasteiger partial charge in [0.1, 0.15) is 0 Å². The average Bonchev–Trinajstić information content (AvgIpc) is 3.11. The van der Waals surface area contributed by atoms with Crippen molar-refractivity contribution in [1.29, 1.82) is 0 Å². The molecule has 1 aliphatic heterocycles. The molecule has 0 amide bonds. The van der Waals surface area contributed by atoms with Crippen molar-refractivity contribution in [1.82, 2.24) is 0 Å². The fraction of sp³-hybridized carbons (Fsp3) is 0.136. The van der Waals surface area contributed by atoms with E-state index < -0.39 is 0 Å². The van der Waals surface area contributed by atoms with Gasteiger partial charge in [-0.2, -0.15) is 0 Å². The number of hydrogen-bond donors (Lipinski definition) is 1. The maximum atomic E-state index is 11.7. The lowest BCUT2D eigenvalue weighted by Crippen LogP contribution is -2.05. The minimum absolute atomic E-state index is 0.229. The van der Waals surface area contributed by atoms with Gasteiger partial charge in [0, 0.05) is 5.69 Å². The summed E-state index contributed by atoms with van der Waals surface area (Å²) in [5.74, 6) is -0.305. The number of methoxy groups -OCH3 is 1. The molecule has 0 bridgehead atoms. The van der Waals surface area contributed by atoms with Crippen LogP contribution in [0.1, 0.15) is 27.5 Å². The van der Waals surface area contributed by atoms with Crippen molar-refractivity contribution in [2.45, 2.75) is 12.5 Å². The normalized spacial score (nSPS) is 15.3. The van der Waals surface area contributed by atoms with Crippen LogP contribution in [0.2, 0.25) is 0 Å². The van der Waals surface area contributed by atoms with Crippen molar-refractivity contribution < 1.29 is 9.53 Å². The van der Waals surface area contributed by atoms with E-state index in [9.17, 15) is 4.79 Å². The summed E-state index contributed by atoms with van der Waals surface area (Å²) in [7, 11) is 1.40. The molecule has 0 aromatic heterocycles. The molecule has 3 aromatic rings. The Kier molecular flexibility index (Phi) is 3.98. The molecule has 0 fully saturated rings. The quantitative estimate of drug-likeness (QED) is 0.698. The molecule has 1 unspecified atom stereocenters. The van der Waals surface area contributed by atoms with Crippen molar-refractivity contribution in [2.75, 3.05) is 12.4 Å². The van der Waals surface area contributed by atoms with E-state index in [-0.39, 0.29) is 12.0 Å². The molecule has 1 heterocycles. The number of ether oxygens (including phenoxy) is 1. The van der Waals surface area contributed by atoms with Crippen LogP contribution in [0.15, 0.2) is 72.8 Å². The number of rotatable bonds is 3. The molecule has 1 N–H and O–H groups in total. The van der Waals surface area contributed by atoms with Crippen LogP contribution in [0.4, 0.5) is 5.69 Å². The third-order valence-corrected chi connectivity index (χ3v) is 4.70. The fourth-order valence-corrected chi connectivity index (χ4v) is 3.33. The molecule has 0 radical (unpaired) electrons. The molecule has 124 valence electrons. The highest BCUT2D eigenvalue weighted by Gasteiger charge is 2.23. The van der Waals surface area contributed by atoms with E-state index in [1.165, 1.54) is 29.4 Å². The summed E-state index contributed by atoms with van der Waals surface area (Å²) >= 11 is 0. The van der Waals surface area contributed by atoms with Gasteiger partial charge in [-0.3, -0.25) is 0 Å². The first-order chi connectivity index (χ1) is 12.2. The summed E-state index contributed by atoms with van der Waals surface area (Å²) in [6, 6.07) is 25.0. The second-order valence-electron chi connectivity index (χ2n) is 6.25. The Morgan fingerprint density at radius 2 is 1.68 bits per heavy atom. The predicted octanol–water partition coefficient (Wildman–Crippen LogP) is 4.85. The second-order valence-corrected chi connectivity index (χ2v) is 6.25. The maximum Gasteiger partial charge on any atom is 0.337 e. The fourth-order valence-electron chi connectivity index (χ4n) is 3.33. The lowest BCUT2D eigenvalue weighted by atomic mass is 9.99. The lowest BCUT2D eigenvalue weighted by molar-refractivity contribution is 0.0601. The van der Waals surface area contributed by atoms with Gasteiger partial charge in [-0.15, -0.1) is 0 Å². The van der Waals surface area contributed by atoms with Gasteiger partial charge in [-0.25, -0.2) is 4.79 Å². The molecule has 1 atom stereocenters. The van der Waals surface area contributed by atoms with Crippen molar-refractivity contribution in [2.24, 2.45) is 0 Å². The van der Waals surface area contributed by atoms with Gasteiger partial charge in [-0.1, -0.05) is 60.7 Å². The molecule has 0 saturated heterocycles. The molecule has 0 saturated carbocycles. The van der Waals surface area contributed by atoms with E-state index in [0.29, 0.717) is 5.56 Å². The number of benzene rings is 3. The molecule has 1 aliphatic rings. The SMILES string of the molecule is COC(=O)c1ccc2c(c1)NC(c1ccc(-c3ccccc3)cc1)C2. The molecular formula is C22H19NO2. The smallest absolute Gasteiger partial charge is 0.337 e. The number of esters is 1. The molecule has 3 heteroatoms. The zero-order chi connectivity index (χ0) is 17.2. The standard InChI is InChI=1S/C22H19NO2/c1-25-22(24)19-12-11-18-13-20(23-21(18)14-19)17-9-7-16(8-10-17)15-5-3-2-4-6-15/h2-12,14,20,23H,13H2,1H3. The minimum Gasteiger partial charge on any atom is -0.465 e. The minimum atomic E-state index is -0.305. The lowest BCUT2D eigenvalue weighted by Gasteiger charge is -2.12. The van der Waals surface area contributed by atoms with Gasteiger partial charge in [0.2, 0.25) is 0 Å². The maximum absolute atomic E-state index is 11.7. The van der Waals surface area contributed by atoms with Gasteiger partial charge in [0.05, 0.1) is 18.7 Å². The Morgan fingerprint density at radius 1 is 0.960 bits per heavy atom. The summed E-state index contributed by atoms with van der Waals surface area (Å²) in [6.45, 7) is 0. The van der Waals surface area contributed by atoms with Crippen molar-refractivity contribution in [3.63, 3.8) is 0 Å². The molecular weight excluding hydrogens is 310 g/mol. The monoisotopic (exact) mass is 329 g/mol. The molecule has 0 spiro atoms. The number of fused-ring (bicyclic) bond motifs is 1. The Balaban J connectivity index is 1.54. The first-order valence-corrected chi connectivity index (χ1v) is 8.38. The second kappa shape index (κ2) is 6.44. The topological polar surface area (TPSA) is 38.3 Å². The van der Waals surface area contributed by atoms with Crippen LogP contribution in [-0.2, 0) is 11.2 Å². The first-order valence-electron chi connectivity index (χ1n) is 8.38. The first kappa shape index (κ1) is 15.5. The van der Waals surface area contributed by atoms with Crippen LogP contribution >= 0.6 is 0 Å². The molecule has 0 aliphatic carbocycles. The summed E-state index contributed by atoms with van der Waals surface area (Å²) in [6.07, 6.45) is 0.918. The van der Waals surface area contributed by atoms with E-state index in [4.69, 9.17) is 4.74 Å². The van der Waals surface area contributed by atoms with E-state index in [0.717, 1.165) is 12.1 Å². The number of anilines is 1. The molecule has 3 aromatic carbocycles. The Hall–Kier alpha value is -3.07. The van der Waals surface area contributed by atoms with Gasteiger partial charge < -0.3 is 10.1 Å². The highest BCUT2D eigenvalue weighted by atomic mass is 16.5. The number of carbonyl (C=O) groups is 1. The van der Waals surface area contributed by atoms with Crippen LogP contribution < -0.4 is 5.32 Å². The van der Waals surface area contributed by atoms with Crippen molar-refractivity contribution in [3.05, 3.63) is 89.5 Å². The van der Waals surface area contributed by atoms with Gasteiger partial charge in [-0.05, 0) is 40.8 Å². The number of nitrogens with one attached hydrogen (secondary N) is 1. The zero-order valence-corrected chi connectivity index (χ0v) is 14.0. The predicted molar refractivity (Wildman–Crippen MR) is 99.7 cm³/mol. The van der Waals surface area contributed by atoms with Crippen LogP contribution in [0, 0.1) is 0 Å². The number of hydrogen-bond acceptors (Lipinski definition) is 3. The van der Waals surface area contributed by atoms with Gasteiger partial charge in [0.15, 0.2) is 0 Å². The van der Waals surface area contributed by atoms with E-state index in [1.807, 2.05) is 24.3 Å². The van der Waals surface area contributed by atoms with Gasteiger partial charge in [0.25, 0.3) is 0 Å². The van der Waals surface area contributed by atoms with Gasteiger partial charge >= 0.3 is 5.97 Å². The van der Waals surface area contributed by atoms with E-state index in [1.54, 1.807) is 0 Å². The largest absolute Gasteiger partial charge is 0.465 e. The summed E-state index contributed by atoms with van der Waals surface area (Å²) in [5, 5.41) is 3.52. The third-order valence-electron chi connectivity index (χ3n) is 4.70. The summed E-state index contributed by atoms with van der Waals surface area (Å²) < 4.78 is 4.80. The zero-order valence-electron chi connectivity index (χ0n) is 14.0. The summed E-state index contributed by atoms with van der Waals surface area (Å²) in [4.78, 5) is 11.7. The van der Waals surface area contributed by atoms with Crippen LogP contribution in [0.5, 0.6) is 0 Å². The molecule has 3 nitrogen and oxygen atoms in total. The van der Waals surface area contributed by atoms with Crippen molar-refractivity contribution >= 4 is 11.7 Å². The molecule has 25 heavy (non-hydrogen) atoms. The Morgan fingerprint density at radius 3 is 2.40 bits per heavy atom. The average molecular weight is 329 g/mol. The third kappa shape index (κ3) is 3.01.